The Morgan fingerprint density at radius 2 is 2.04 bits per heavy atom. The SMILES string of the molecule is COC(=O)C(C)Sc1ncnc2scc(-c3ccc(C)c(C)c3)c12. The van der Waals surface area contributed by atoms with E-state index in [2.05, 4.69) is 47.4 Å². The van der Waals surface area contributed by atoms with Crippen LogP contribution in [-0.2, 0) is 9.53 Å². The smallest absolute Gasteiger partial charge is 0.318 e. The second-order valence-electron chi connectivity index (χ2n) is 5.59. The van der Waals surface area contributed by atoms with E-state index >= 15 is 0 Å². The molecule has 4 nitrogen and oxygen atoms in total. The molecule has 0 saturated heterocycles. The van der Waals surface area contributed by atoms with Crippen LogP contribution in [-0.4, -0.2) is 28.3 Å². The minimum Gasteiger partial charge on any atom is -0.468 e. The van der Waals surface area contributed by atoms with E-state index in [0.29, 0.717) is 0 Å². The van der Waals surface area contributed by atoms with Gasteiger partial charge in [-0.15, -0.1) is 11.3 Å². The van der Waals surface area contributed by atoms with Gasteiger partial charge in [0.2, 0.25) is 0 Å². The first-order valence-corrected chi connectivity index (χ1v) is 9.31. The summed E-state index contributed by atoms with van der Waals surface area (Å²) in [7, 11) is 1.40. The Morgan fingerprint density at radius 3 is 2.75 bits per heavy atom. The van der Waals surface area contributed by atoms with Crippen LogP contribution in [0.15, 0.2) is 34.9 Å². The Kier molecular flexibility index (Phi) is 4.87. The number of aromatic nitrogens is 2. The maximum absolute atomic E-state index is 11.7. The van der Waals surface area contributed by atoms with Crippen LogP contribution in [0.2, 0.25) is 0 Å². The summed E-state index contributed by atoms with van der Waals surface area (Å²) >= 11 is 3.00. The van der Waals surface area contributed by atoms with Gasteiger partial charge in [0, 0.05) is 10.9 Å². The van der Waals surface area contributed by atoms with Crippen LogP contribution in [0.1, 0.15) is 18.1 Å². The molecule has 0 spiro atoms. The molecule has 2 heterocycles. The van der Waals surface area contributed by atoms with E-state index in [0.717, 1.165) is 26.4 Å². The average Bonchev–Trinajstić information content (AvgIpc) is 3.01. The highest BCUT2D eigenvalue weighted by molar-refractivity contribution is 8.00. The summed E-state index contributed by atoms with van der Waals surface area (Å²) in [4.78, 5) is 21.5. The van der Waals surface area contributed by atoms with Crippen molar-refractivity contribution in [3.05, 3.63) is 41.0 Å². The van der Waals surface area contributed by atoms with Gasteiger partial charge in [-0.1, -0.05) is 30.0 Å². The molecule has 0 N–H and O–H groups in total. The summed E-state index contributed by atoms with van der Waals surface area (Å²) in [6.45, 7) is 6.04. The van der Waals surface area contributed by atoms with Crippen LogP contribution in [0, 0.1) is 13.8 Å². The normalized spacial score (nSPS) is 12.3. The zero-order valence-corrected chi connectivity index (χ0v) is 15.6. The maximum Gasteiger partial charge on any atom is 0.318 e. The first-order chi connectivity index (χ1) is 11.5. The third-order valence-electron chi connectivity index (χ3n) is 3.97. The molecule has 0 amide bonds. The van der Waals surface area contributed by atoms with E-state index < -0.39 is 0 Å². The molecule has 0 saturated carbocycles. The van der Waals surface area contributed by atoms with Crippen LogP contribution in [0.3, 0.4) is 0 Å². The number of hydrogen-bond acceptors (Lipinski definition) is 6. The number of carbonyl (C=O) groups is 1. The lowest BCUT2D eigenvalue weighted by atomic mass is 10.0. The molecule has 0 radical (unpaired) electrons. The fraction of sp³-hybridized carbons (Fsp3) is 0.278. The number of fused-ring (bicyclic) bond motifs is 1. The first-order valence-electron chi connectivity index (χ1n) is 7.55. The largest absolute Gasteiger partial charge is 0.468 e. The highest BCUT2D eigenvalue weighted by Crippen LogP contribution is 2.39. The Morgan fingerprint density at radius 1 is 1.25 bits per heavy atom. The van der Waals surface area contributed by atoms with Crippen molar-refractivity contribution >= 4 is 39.3 Å². The van der Waals surface area contributed by atoms with Crippen molar-refractivity contribution in [3.63, 3.8) is 0 Å². The molecule has 2 aromatic heterocycles. The molecular formula is C18H18N2O2S2. The van der Waals surface area contributed by atoms with Gasteiger partial charge < -0.3 is 4.74 Å². The van der Waals surface area contributed by atoms with Gasteiger partial charge in [-0.25, -0.2) is 9.97 Å². The summed E-state index contributed by atoms with van der Waals surface area (Å²) in [5.41, 5.74) is 4.77. The number of esters is 1. The number of thioether (sulfide) groups is 1. The predicted octanol–water partition coefficient (Wildman–Crippen LogP) is 4.63. The number of methoxy groups -OCH3 is 1. The summed E-state index contributed by atoms with van der Waals surface area (Å²) in [5, 5.41) is 3.61. The van der Waals surface area contributed by atoms with E-state index in [1.54, 1.807) is 17.7 Å². The minimum atomic E-state index is -0.319. The number of hydrogen-bond donors (Lipinski definition) is 0. The van der Waals surface area contributed by atoms with Crippen LogP contribution >= 0.6 is 23.1 Å². The van der Waals surface area contributed by atoms with Crippen LogP contribution in [0.25, 0.3) is 21.3 Å². The zero-order valence-electron chi connectivity index (χ0n) is 14.0. The van der Waals surface area contributed by atoms with Gasteiger partial charge in [0.1, 0.15) is 21.4 Å². The topological polar surface area (TPSA) is 52.1 Å². The van der Waals surface area contributed by atoms with Crippen molar-refractivity contribution in [3.8, 4) is 11.1 Å². The highest BCUT2D eigenvalue weighted by Gasteiger charge is 2.20. The second-order valence-corrected chi connectivity index (χ2v) is 7.78. The fourth-order valence-electron chi connectivity index (χ4n) is 2.44. The Labute approximate surface area is 149 Å². The molecule has 3 rings (SSSR count). The van der Waals surface area contributed by atoms with E-state index in [1.807, 2.05) is 6.92 Å². The highest BCUT2D eigenvalue weighted by atomic mass is 32.2. The van der Waals surface area contributed by atoms with E-state index in [9.17, 15) is 4.79 Å². The Hall–Kier alpha value is -1.92. The molecule has 0 aliphatic carbocycles. The quantitative estimate of drug-likeness (QED) is 0.387. The lowest BCUT2D eigenvalue weighted by Gasteiger charge is -2.10. The summed E-state index contributed by atoms with van der Waals surface area (Å²) < 4.78 is 4.82. The van der Waals surface area contributed by atoms with Crippen molar-refractivity contribution in [2.75, 3.05) is 7.11 Å². The molecule has 0 bridgehead atoms. The van der Waals surface area contributed by atoms with Gasteiger partial charge in [0.25, 0.3) is 0 Å². The van der Waals surface area contributed by atoms with E-state index in [-0.39, 0.29) is 11.2 Å². The standard InChI is InChI=1S/C18H18N2O2S2/c1-10-5-6-13(7-11(10)2)14-8-23-16-15(14)17(20-9-19-16)24-12(3)18(21)22-4/h5-9,12H,1-4H3. The Bertz CT molecular complexity index is 905. The molecule has 6 heteroatoms. The van der Waals surface area contributed by atoms with Gasteiger partial charge >= 0.3 is 5.97 Å². The van der Waals surface area contributed by atoms with E-state index in [4.69, 9.17) is 4.74 Å². The predicted molar refractivity (Wildman–Crippen MR) is 99.7 cm³/mol. The molecule has 1 aromatic carbocycles. The molecule has 0 fully saturated rings. The number of benzene rings is 1. The van der Waals surface area contributed by atoms with E-state index in [1.165, 1.54) is 30.0 Å². The van der Waals surface area contributed by atoms with Gasteiger partial charge in [0.15, 0.2) is 0 Å². The first kappa shape index (κ1) is 16.9. The molecule has 0 aliphatic rings. The van der Waals surface area contributed by atoms with Gasteiger partial charge in [-0.05, 0) is 37.5 Å². The van der Waals surface area contributed by atoms with Gasteiger partial charge in [-0.3, -0.25) is 4.79 Å². The van der Waals surface area contributed by atoms with Crippen molar-refractivity contribution < 1.29 is 9.53 Å². The van der Waals surface area contributed by atoms with Crippen LogP contribution in [0.4, 0.5) is 0 Å². The lowest BCUT2D eigenvalue weighted by Crippen LogP contribution is -2.14. The monoisotopic (exact) mass is 358 g/mol. The molecular weight excluding hydrogens is 340 g/mol. The number of aryl methyl sites for hydroxylation is 2. The average molecular weight is 358 g/mol. The third-order valence-corrected chi connectivity index (χ3v) is 5.94. The number of carbonyl (C=O) groups excluding carboxylic acids is 1. The minimum absolute atomic E-state index is 0.255. The molecule has 0 aliphatic heterocycles. The summed E-state index contributed by atoms with van der Waals surface area (Å²) in [6, 6.07) is 6.43. The van der Waals surface area contributed by atoms with Crippen molar-refractivity contribution in [2.45, 2.75) is 31.0 Å². The molecule has 1 atom stereocenters. The van der Waals surface area contributed by atoms with Crippen molar-refractivity contribution in [1.82, 2.24) is 9.97 Å². The van der Waals surface area contributed by atoms with Crippen LogP contribution < -0.4 is 0 Å². The lowest BCUT2D eigenvalue weighted by molar-refractivity contribution is -0.139. The molecule has 24 heavy (non-hydrogen) atoms. The summed E-state index contributed by atoms with van der Waals surface area (Å²) in [5.74, 6) is -0.255. The third kappa shape index (κ3) is 3.16. The summed E-state index contributed by atoms with van der Waals surface area (Å²) in [6.07, 6.45) is 1.55. The van der Waals surface area contributed by atoms with Crippen molar-refractivity contribution in [1.29, 1.82) is 0 Å². The Balaban J connectivity index is 2.10. The zero-order chi connectivity index (χ0) is 17.3. The van der Waals surface area contributed by atoms with Gasteiger partial charge in [-0.2, -0.15) is 0 Å². The van der Waals surface area contributed by atoms with Crippen molar-refractivity contribution in [2.24, 2.45) is 0 Å². The number of thiophene rings is 1. The number of ether oxygens (including phenoxy) is 1. The van der Waals surface area contributed by atoms with Crippen LogP contribution in [0.5, 0.6) is 0 Å². The number of rotatable bonds is 4. The van der Waals surface area contributed by atoms with Gasteiger partial charge in [0.05, 0.1) is 12.5 Å². The molecule has 3 aromatic rings. The fourth-order valence-corrected chi connectivity index (χ4v) is 4.38. The second kappa shape index (κ2) is 6.91. The molecule has 1 unspecified atom stereocenters. The maximum atomic E-state index is 11.7. The molecule has 124 valence electrons. The number of nitrogens with zero attached hydrogens (tertiary/aromatic N) is 2.